The van der Waals surface area contributed by atoms with Crippen LogP contribution in [0.3, 0.4) is 0 Å². The Bertz CT molecular complexity index is 69.3. The first kappa shape index (κ1) is 10.9. The van der Waals surface area contributed by atoms with E-state index in [0.29, 0.717) is 0 Å². The molecule has 0 aliphatic carbocycles. The van der Waals surface area contributed by atoms with Gasteiger partial charge in [-0.15, -0.1) is 17.0 Å². The molecule has 1 fully saturated rings. The van der Waals surface area contributed by atoms with Crippen LogP contribution < -0.4 is 0 Å². The second-order valence-corrected chi connectivity index (χ2v) is 3.38. The van der Waals surface area contributed by atoms with Gasteiger partial charge in [0.1, 0.15) is 0 Å². The number of halogens is 2. The lowest BCUT2D eigenvalue weighted by molar-refractivity contribution is 0.242. The summed E-state index contributed by atoms with van der Waals surface area (Å²) in [7, 11) is 0. The van der Waals surface area contributed by atoms with Gasteiger partial charge in [0.25, 0.3) is 0 Å². The zero-order chi connectivity index (χ0) is 6.53. The van der Waals surface area contributed by atoms with E-state index in [0.717, 1.165) is 5.33 Å². The number of hydrogen-bond acceptors (Lipinski definition) is 1. The van der Waals surface area contributed by atoms with E-state index in [1.54, 1.807) is 0 Å². The van der Waals surface area contributed by atoms with Gasteiger partial charge in [-0.25, -0.2) is 0 Å². The van der Waals surface area contributed by atoms with Gasteiger partial charge in [-0.05, 0) is 25.9 Å². The number of rotatable bonds is 2. The predicted molar refractivity (Wildman–Crippen MR) is 54.4 cm³/mol. The van der Waals surface area contributed by atoms with Crippen molar-refractivity contribution >= 4 is 32.9 Å². The molecule has 0 aromatic heterocycles. The highest BCUT2D eigenvalue weighted by Crippen LogP contribution is 2.07. The fraction of sp³-hybridized carbons (Fsp3) is 1.00. The predicted octanol–water partition coefficient (Wildman–Crippen LogP) is 2.45. The van der Waals surface area contributed by atoms with Crippen molar-refractivity contribution in [3.63, 3.8) is 0 Å². The molecule has 0 radical (unpaired) electrons. The third kappa shape index (κ3) is 3.94. The normalized spacial score (nSPS) is 20.1. The first-order valence-corrected chi connectivity index (χ1v) is 4.84. The summed E-state index contributed by atoms with van der Waals surface area (Å²) >= 11 is 3.44. The minimum Gasteiger partial charge on any atom is -0.303 e. The molecular weight excluding hydrogens is 258 g/mol. The molecule has 0 aromatic carbocycles. The summed E-state index contributed by atoms with van der Waals surface area (Å²) in [6, 6.07) is 0. The van der Waals surface area contributed by atoms with Crippen LogP contribution in [-0.2, 0) is 0 Å². The molecule has 0 amide bonds. The van der Waals surface area contributed by atoms with Gasteiger partial charge in [-0.3, -0.25) is 0 Å². The standard InChI is InChI=1S/C7H14BrN.BrH/c8-4-7-9-5-2-1-3-6-9;/h1-7H2;1H. The van der Waals surface area contributed by atoms with Crippen LogP contribution in [0.4, 0.5) is 0 Å². The third-order valence-corrected chi connectivity index (χ3v) is 2.20. The van der Waals surface area contributed by atoms with Crippen molar-refractivity contribution in [2.75, 3.05) is 25.0 Å². The number of alkyl halides is 1. The lowest BCUT2D eigenvalue weighted by Gasteiger charge is -2.25. The summed E-state index contributed by atoms with van der Waals surface area (Å²) in [6.07, 6.45) is 4.26. The first-order valence-electron chi connectivity index (χ1n) is 3.72. The molecule has 62 valence electrons. The second-order valence-electron chi connectivity index (χ2n) is 2.59. The highest BCUT2D eigenvalue weighted by Gasteiger charge is 2.07. The van der Waals surface area contributed by atoms with Crippen molar-refractivity contribution in [2.45, 2.75) is 19.3 Å². The summed E-state index contributed by atoms with van der Waals surface area (Å²) in [5, 5.41) is 1.13. The molecule has 1 heterocycles. The molecule has 0 aromatic rings. The summed E-state index contributed by atoms with van der Waals surface area (Å²) in [6.45, 7) is 3.89. The molecule has 10 heavy (non-hydrogen) atoms. The van der Waals surface area contributed by atoms with Crippen molar-refractivity contribution in [2.24, 2.45) is 0 Å². The molecule has 0 atom stereocenters. The van der Waals surface area contributed by atoms with Gasteiger partial charge in [0.15, 0.2) is 0 Å². The molecule has 3 heteroatoms. The quantitative estimate of drug-likeness (QED) is 0.698. The van der Waals surface area contributed by atoms with E-state index in [1.807, 2.05) is 0 Å². The largest absolute Gasteiger partial charge is 0.303 e. The Morgan fingerprint density at radius 1 is 1.10 bits per heavy atom. The highest BCUT2D eigenvalue weighted by molar-refractivity contribution is 9.09. The summed E-state index contributed by atoms with van der Waals surface area (Å²) < 4.78 is 0. The zero-order valence-corrected chi connectivity index (χ0v) is 9.48. The average Bonchev–Trinajstić information content (AvgIpc) is 1.91. The summed E-state index contributed by atoms with van der Waals surface area (Å²) in [5.74, 6) is 0. The SMILES string of the molecule is Br.BrCCN1CCCCC1. The van der Waals surface area contributed by atoms with Crippen molar-refractivity contribution in [3.8, 4) is 0 Å². The molecule has 1 saturated heterocycles. The number of likely N-dealkylation sites (tertiary alicyclic amines) is 1. The van der Waals surface area contributed by atoms with Gasteiger partial charge in [-0.2, -0.15) is 0 Å². The number of nitrogens with zero attached hydrogens (tertiary/aromatic N) is 1. The van der Waals surface area contributed by atoms with Crippen molar-refractivity contribution in [1.29, 1.82) is 0 Å². The molecule has 0 N–H and O–H groups in total. The first-order chi connectivity index (χ1) is 4.43. The smallest absolute Gasteiger partial charge is 0.0159 e. The minimum atomic E-state index is 0. The van der Waals surface area contributed by atoms with Crippen molar-refractivity contribution in [3.05, 3.63) is 0 Å². The lowest BCUT2D eigenvalue weighted by Crippen LogP contribution is -2.31. The molecule has 1 rings (SSSR count). The maximum absolute atomic E-state index is 3.44. The van der Waals surface area contributed by atoms with Gasteiger partial charge in [0, 0.05) is 11.9 Å². The van der Waals surface area contributed by atoms with E-state index in [-0.39, 0.29) is 17.0 Å². The molecule has 1 aliphatic rings. The minimum absolute atomic E-state index is 0. The van der Waals surface area contributed by atoms with Gasteiger partial charge >= 0.3 is 0 Å². The van der Waals surface area contributed by atoms with E-state index in [2.05, 4.69) is 20.8 Å². The van der Waals surface area contributed by atoms with E-state index >= 15 is 0 Å². The number of hydrogen-bond donors (Lipinski definition) is 0. The van der Waals surface area contributed by atoms with Crippen LogP contribution in [0, 0.1) is 0 Å². The Morgan fingerprint density at radius 2 is 1.70 bits per heavy atom. The van der Waals surface area contributed by atoms with Gasteiger partial charge < -0.3 is 4.90 Å². The molecule has 0 saturated carbocycles. The maximum Gasteiger partial charge on any atom is 0.0159 e. The van der Waals surface area contributed by atoms with E-state index in [4.69, 9.17) is 0 Å². The third-order valence-electron chi connectivity index (χ3n) is 1.85. The van der Waals surface area contributed by atoms with E-state index < -0.39 is 0 Å². The second kappa shape index (κ2) is 6.62. The number of piperidine rings is 1. The molecule has 0 bridgehead atoms. The van der Waals surface area contributed by atoms with Crippen LogP contribution in [0.2, 0.25) is 0 Å². The molecule has 1 nitrogen and oxygen atoms in total. The van der Waals surface area contributed by atoms with E-state index in [1.165, 1.54) is 38.9 Å². The highest BCUT2D eigenvalue weighted by atomic mass is 79.9. The van der Waals surface area contributed by atoms with Gasteiger partial charge in [0.2, 0.25) is 0 Å². The summed E-state index contributed by atoms with van der Waals surface area (Å²) in [5.41, 5.74) is 0. The Hall–Kier alpha value is 0.920. The van der Waals surface area contributed by atoms with Crippen LogP contribution in [0.1, 0.15) is 19.3 Å². The van der Waals surface area contributed by atoms with Crippen LogP contribution >= 0.6 is 32.9 Å². The Kier molecular flexibility index (Phi) is 7.23. The Labute approximate surface area is 82.1 Å². The average molecular weight is 273 g/mol. The fourth-order valence-electron chi connectivity index (χ4n) is 1.30. The lowest BCUT2D eigenvalue weighted by atomic mass is 10.1. The van der Waals surface area contributed by atoms with Crippen LogP contribution in [0.25, 0.3) is 0 Å². The molecule has 1 aliphatic heterocycles. The molecule has 0 spiro atoms. The monoisotopic (exact) mass is 271 g/mol. The van der Waals surface area contributed by atoms with Gasteiger partial charge in [-0.1, -0.05) is 22.4 Å². The van der Waals surface area contributed by atoms with Crippen LogP contribution in [-0.4, -0.2) is 29.9 Å². The Morgan fingerprint density at radius 3 is 2.20 bits per heavy atom. The van der Waals surface area contributed by atoms with Crippen molar-refractivity contribution < 1.29 is 0 Å². The maximum atomic E-state index is 3.44. The topological polar surface area (TPSA) is 3.24 Å². The molecular formula is C7H15Br2N. The van der Waals surface area contributed by atoms with E-state index in [9.17, 15) is 0 Å². The van der Waals surface area contributed by atoms with Crippen molar-refractivity contribution in [1.82, 2.24) is 4.90 Å². The van der Waals surface area contributed by atoms with Crippen LogP contribution in [0.5, 0.6) is 0 Å². The molecule has 0 unspecified atom stereocenters. The summed E-state index contributed by atoms with van der Waals surface area (Å²) in [4.78, 5) is 2.53. The Balaban J connectivity index is 0.000000810. The zero-order valence-electron chi connectivity index (χ0n) is 6.18. The van der Waals surface area contributed by atoms with Gasteiger partial charge in [0.05, 0.1) is 0 Å². The van der Waals surface area contributed by atoms with Crippen LogP contribution in [0.15, 0.2) is 0 Å². The fourth-order valence-corrected chi connectivity index (χ4v) is 1.80.